The third-order valence-electron chi connectivity index (χ3n) is 2.68. The van der Waals surface area contributed by atoms with Gasteiger partial charge in [-0.25, -0.2) is 0 Å². The fourth-order valence-corrected chi connectivity index (χ4v) is 2.29. The highest BCUT2D eigenvalue weighted by Gasteiger charge is 2.25. The van der Waals surface area contributed by atoms with Crippen molar-refractivity contribution in [2.45, 2.75) is 19.4 Å². The summed E-state index contributed by atoms with van der Waals surface area (Å²) in [6.07, 6.45) is 0.731. The Balaban J connectivity index is 2.59. The molecule has 1 atom stereocenters. The Hall–Kier alpha value is -0.970. The molecule has 0 fully saturated rings. The van der Waals surface area contributed by atoms with E-state index in [1.165, 1.54) is 0 Å². The lowest BCUT2D eigenvalue weighted by Gasteiger charge is -2.17. The zero-order valence-electron chi connectivity index (χ0n) is 9.00. The lowest BCUT2D eigenvalue weighted by Crippen LogP contribution is -2.17. The van der Waals surface area contributed by atoms with Gasteiger partial charge in [-0.3, -0.25) is 0 Å². The van der Waals surface area contributed by atoms with Gasteiger partial charge in [-0.05, 0) is 12.0 Å². The fraction of sp³-hybridized carbons (Fsp3) is 0.455. The number of halogens is 1. The van der Waals surface area contributed by atoms with Crippen LogP contribution < -0.4 is 15.2 Å². The number of fused-ring (bicyclic) bond motifs is 1. The molecule has 16 heavy (non-hydrogen) atoms. The van der Waals surface area contributed by atoms with Gasteiger partial charge >= 0.3 is 0 Å². The molecule has 2 rings (SSSR count). The molecule has 5 heteroatoms. The molecule has 0 amide bonds. The standard InChI is InChI=1S/C11H14ClNO3/c1-2-6-10(8(13)4-14)7(12)3-9-11(6)16-5-15-9/h3,8,14H,2,4-5,13H2,1H3. The lowest BCUT2D eigenvalue weighted by atomic mass is 9.98. The molecule has 1 aliphatic heterocycles. The smallest absolute Gasteiger partial charge is 0.231 e. The van der Waals surface area contributed by atoms with Gasteiger partial charge < -0.3 is 20.3 Å². The number of hydrogen-bond donors (Lipinski definition) is 2. The van der Waals surface area contributed by atoms with E-state index in [0.717, 1.165) is 17.5 Å². The topological polar surface area (TPSA) is 64.7 Å². The average Bonchev–Trinajstić information content (AvgIpc) is 2.73. The average molecular weight is 244 g/mol. The van der Waals surface area contributed by atoms with E-state index >= 15 is 0 Å². The van der Waals surface area contributed by atoms with Crippen LogP contribution in [-0.2, 0) is 6.42 Å². The summed E-state index contributed by atoms with van der Waals surface area (Å²) >= 11 is 6.14. The second-order valence-electron chi connectivity index (χ2n) is 3.63. The van der Waals surface area contributed by atoms with Gasteiger partial charge in [0, 0.05) is 16.7 Å². The summed E-state index contributed by atoms with van der Waals surface area (Å²) in [7, 11) is 0. The summed E-state index contributed by atoms with van der Waals surface area (Å²) in [4.78, 5) is 0. The van der Waals surface area contributed by atoms with Crippen LogP contribution in [0.5, 0.6) is 11.5 Å². The van der Waals surface area contributed by atoms with Gasteiger partial charge in [-0.15, -0.1) is 0 Å². The first-order chi connectivity index (χ1) is 7.69. The van der Waals surface area contributed by atoms with E-state index < -0.39 is 6.04 Å². The highest BCUT2D eigenvalue weighted by molar-refractivity contribution is 6.31. The molecule has 0 aliphatic carbocycles. The van der Waals surface area contributed by atoms with Crippen molar-refractivity contribution in [3.05, 3.63) is 22.2 Å². The highest BCUT2D eigenvalue weighted by Crippen LogP contribution is 2.43. The Kier molecular flexibility index (Phi) is 3.23. The summed E-state index contributed by atoms with van der Waals surface area (Å²) in [6.45, 7) is 2.05. The molecule has 0 saturated heterocycles. The van der Waals surface area contributed by atoms with E-state index in [4.69, 9.17) is 31.9 Å². The van der Waals surface area contributed by atoms with Crippen molar-refractivity contribution in [2.24, 2.45) is 5.73 Å². The molecular formula is C11H14ClNO3. The molecule has 0 spiro atoms. The molecule has 0 aromatic heterocycles. The van der Waals surface area contributed by atoms with Crippen molar-refractivity contribution in [1.29, 1.82) is 0 Å². The number of aliphatic hydroxyl groups is 1. The first kappa shape index (κ1) is 11.5. The number of ether oxygens (including phenoxy) is 2. The summed E-state index contributed by atoms with van der Waals surface area (Å²) in [6, 6.07) is 1.20. The second-order valence-corrected chi connectivity index (χ2v) is 4.03. The van der Waals surface area contributed by atoms with Gasteiger partial charge in [0.2, 0.25) is 6.79 Å². The zero-order valence-corrected chi connectivity index (χ0v) is 9.75. The molecular weight excluding hydrogens is 230 g/mol. The quantitative estimate of drug-likeness (QED) is 0.847. The molecule has 88 valence electrons. The van der Waals surface area contributed by atoms with E-state index in [1.54, 1.807) is 6.07 Å². The Morgan fingerprint density at radius 3 is 2.94 bits per heavy atom. The van der Waals surface area contributed by atoms with Gasteiger partial charge in [0.05, 0.1) is 12.6 Å². The van der Waals surface area contributed by atoms with Gasteiger partial charge in [0.25, 0.3) is 0 Å². The predicted octanol–water partition coefficient (Wildman–Crippen LogP) is 1.62. The van der Waals surface area contributed by atoms with E-state index in [0.29, 0.717) is 16.5 Å². The Morgan fingerprint density at radius 1 is 1.56 bits per heavy atom. The minimum atomic E-state index is -0.489. The summed E-state index contributed by atoms with van der Waals surface area (Å²) in [5.41, 5.74) is 7.50. The normalized spacial score (nSPS) is 15.2. The minimum absolute atomic E-state index is 0.146. The number of benzene rings is 1. The number of nitrogens with two attached hydrogens (primary N) is 1. The number of aliphatic hydroxyl groups excluding tert-OH is 1. The molecule has 1 unspecified atom stereocenters. The molecule has 0 bridgehead atoms. The Morgan fingerprint density at radius 2 is 2.31 bits per heavy atom. The lowest BCUT2D eigenvalue weighted by molar-refractivity contribution is 0.173. The molecule has 0 radical (unpaired) electrons. The first-order valence-electron chi connectivity index (χ1n) is 5.16. The highest BCUT2D eigenvalue weighted by atomic mass is 35.5. The van der Waals surface area contributed by atoms with Gasteiger partial charge in [-0.1, -0.05) is 18.5 Å². The maximum Gasteiger partial charge on any atom is 0.231 e. The minimum Gasteiger partial charge on any atom is -0.454 e. The fourth-order valence-electron chi connectivity index (χ4n) is 1.93. The molecule has 4 nitrogen and oxygen atoms in total. The van der Waals surface area contributed by atoms with Crippen molar-refractivity contribution in [1.82, 2.24) is 0 Å². The van der Waals surface area contributed by atoms with Crippen molar-refractivity contribution in [3.63, 3.8) is 0 Å². The maximum absolute atomic E-state index is 9.13. The second kappa shape index (κ2) is 4.49. The summed E-state index contributed by atoms with van der Waals surface area (Å²) in [5.74, 6) is 1.35. The van der Waals surface area contributed by atoms with Crippen LogP contribution in [0.3, 0.4) is 0 Å². The van der Waals surface area contributed by atoms with Crippen molar-refractivity contribution in [2.75, 3.05) is 13.4 Å². The summed E-state index contributed by atoms with van der Waals surface area (Å²) in [5, 5.41) is 9.64. The van der Waals surface area contributed by atoms with Gasteiger partial charge in [0.15, 0.2) is 11.5 Å². The van der Waals surface area contributed by atoms with Crippen molar-refractivity contribution >= 4 is 11.6 Å². The molecule has 3 N–H and O–H groups in total. The van der Waals surface area contributed by atoms with E-state index in [-0.39, 0.29) is 13.4 Å². The third kappa shape index (κ3) is 1.73. The van der Waals surface area contributed by atoms with E-state index in [2.05, 4.69) is 0 Å². The largest absolute Gasteiger partial charge is 0.454 e. The predicted molar refractivity (Wildman–Crippen MR) is 61.0 cm³/mol. The SMILES string of the molecule is CCc1c2c(cc(Cl)c1C(N)CO)OCO2. The van der Waals surface area contributed by atoms with Crippen LogP contribution in [0.25, 0.3) is 0 Å². The number of rotatable bonds is 3. The van der Waals surface area contributed by atoms with Crippen LogP contribution in [0.1, 0.15) is 24.1 Å². The van der Waals surface area contributed by atoms with Crippen molar-refractivity contribution < 1.29 is 14.6 Å². The van der Waals surface area contributed by atoms with E-state index in [1.807, 2.05) is 6.92 Å². The number of hydrogen-bond acceptors (Lipinski definition) is 4. The molecule has 1 aliphatic rings. The van der Waals surface area contributed by atoms with Crippen LogP contribution in [-0.4, -0.2) is 18.5 Å². The Bertz CT molecular complexity index is 409. The van der Waals surface area contributed by atoms with Crippen molar-refractivity contribution in [3.8, 4) is 11.5 Å². The first-order valence-corrected chi connectivity index (χ1v) is 5.54. The van der Waals surface area contributed by atoms with Crippen LogP contribution >= 0.6 is 11.6 Å². The monoisotopic (exact) mass is 243 g/mol. The van der Waals surface area contributed by atoms with Crippen LogP contribution in [0, 0.1) is 0 Å². The van der Waals surface area contributed by atoms with Gasteiger partial charge in [0.1, 0.15) is 0 Å². The maximum atomic E-state index is 9.13. The van der Waals surface area contributed by atoms with Crippen LogP contribution in [0.2, 0.25) is 5.02 Å². The molecule has 1 heterocycles. The zero-order chi connectivity index (χ0) is 11.7. The van der Waals surface area contributed by atoms with Crippen LogP contribution in [0.15, 0.2) is 6.07 Å². The molecule has 1 aromatic carbocycles. The molecule has 1 aromatic rings. The molecule has 0 saturated carbocycles. The Labute approximate surface area is 98.9 Å². The van der Waals surface area contributed by atoms with Crippen LogP contribution in [0.4, 0.5) is 0 Å². The summed E-state index contributed by atoms with van der Waals surface area (Å²) < 4.78 is 10.7. The third-order valence-corrected chi connectivity index (χ3v) is 2.99. The van der Waals surface area contributed by atoms with E-state index in [9.17, 15) is 0 Å². The van der Waals surface area contributed by atoms with Gasteiger partial charge in [-0.2, -0.15) is 0 Å².